The number of aryl methyl sites for hydroxylation is 1. The van der Waals surface area contributed by atoms with Crippen LogP contribution >= 0.6 is 0 Å². The summed E-state index contributed by atoms with van der Waals surface area (Å²) in [5.74, 6) is -0.680. The van der Waals surface area contributed by atoms with E-state index in [1.807, 2.05) is 0 Å². The summed E-state index contributed by atoms with van der Waals surface area (Å²) in [6.45, 7) is 1.69. The van der Waals surface area contributed by atoms with Gasteiger partial charge in [0.25, 0.3) is 0 Å². The molecule has 29 heavy (non-hydrogen) atoms. The Morgan fingerprint density at radius 2 is 1.86 bits per heavy atom. The highest BCUT2D eigenvalue weighted by molar-refractivity contribution is 5.49. The van der Waals surface area contributed by atoms with E-state index in [9.17, 15) is 23.1 Å². The maximum atomic E-state index is 13.3. The first-order valence-electron chi connectivity index (χ1n) is 8.49. The van der Waals surface area contributed by atoms with Gasteiger partial charge in [0.05, 0.1) is 17.9 Å². The van der Waals surface area contributed by atoms with Crippen LogP contribution in [0.1, 0.15) is 18.1 Å². The fraction of sp³-hybridized carbons (Fsp3) is 0.278. The van der Waals surface area contributed by atoms with Gasteiger partial charge in [-0.1, -0.05) is 6.07 Å². The molecule has 0 fully saturated rings. The van der Waals surface area contributed by atoms with Gasteiger partial charge < -0.3 is 14.6 Å². The third-order valence-corrected chi connectivity index (χ3v) is 4.00. The second-order valence-electron chi connectivity index (χ2n) is 5.95. The molecule has 0 aliphatic rings. The molecular formula is C18H17F3N4O4. The lowest BCUT2D eigenvalue weighted by Gasteiger charge is -2.17. The molecule has 0 unspecified atom stereocenters. The summed E-state index contributed by atoms with van der Waals surface area (Å²) in [6, 6.07) is 7.47. The SMILES string of the molecule is CCOc1cccc(-n2nnn(C)c2=O)c1COc1ccc(O)cc1C(F)(F)F. The third-order valence-electron chi connectivity index (χ3n) is 4.00. The number of halogens is 3. The summed E-state index contributed by atoms with van der Waals surface area (Å²) in [6.07, 6.45) is -4.72. The van der Waals surface area contributed by atoms with E-state index in [0.29, 0.717) is 24.0 Å². The van der Waals surface area contributed by atoms with Gasteiger partial charge >= 0.3 is 11.9 Å². The van der Waals surface area contributed by atoms with Gasteiger partial charge in [0.2, 0.25) is 0 Å². The van der Waals surface area contributed by atoms with Gasteiger partial charge in [0, 0.05) is 7.05 Å². The Morgan fingerprint density at radius 1 is 1.10 bits per heavy atom. The van der Waals surface area contributed by atoms with E-state index in [0.717, 1.165) is 21.5 Å². The summed E-state index contributed by atoms with van der Waals surface area (Å²) >= 11 is 0. The molecule has 0 aliphatic heterocycles. The highest BCUT2D eigenvalue weighted by Gasteiger charge is 2.35. The largest absolute Gasteiger partial charge is 0.508 e. The molecule has 3 aromatic rings. The average Bonchev–Trinajstić information content (AvgIpc) is 2.99. The van der Waals surface area contributed by atoms with Crippen molar-refractivity contribution in [2.24, 2.45) is 7.05 Å². The van der Waals surface area contributed by atoms with Crippen molar-refractivity contribution < 1.29 is 27.8 Å². The molecular weight excluding hydrogens is 393 g/mol. The predicted molar refractivity (Wildman–Crippen MR) is 95.2 cm³/mol. The van der Waals surface area contributed by atoms with Crippen molar-refractivity contribution in [1.82, 2.24) is 19.8 Å². The Bertz CT molecular complexity index is 1080. The number of ether oxygens (including phenoxy) is 2. The first-order chi connectivity index (χ1) is 13.7. The number of nitrogens with zero attached hydrogens (tertiary/aromatic N) is 4. The highest BCUT2D eigenvalue weighted by atomic mass is 19.4. The van der Waals surface area contributed by atoms with Crippen molar-refractivity contribution >= 4 is 0 Å². The van der Waals surface area contributed by atoms with Crippen LogP contribution in [0.25, 0.3) is 5.69 Å². The predicted octanol–water partition coefficient (Wildman–Crippen LogP) is 2.67. The van der Waals surface area contributed by atoms with Gasteiger partial charge in [-0.05, 0) is 47.7 Å². The number of alkyl halides is 3. The first kappa shape index (κ1) is 20.2. The quantitative estimate of drug-likeness (QED) is 0.672. The second-order valence-corrected chi connectivity index (χ2v) is 5.95. The van der Waals surface area contributed by atoms with E-state index >= 15 is 0 Å². The van der Waals surface area contributed by atoms with Crippen LogP contribution in [0, 0.1) is 0 Å². The molecule has 11 heteroatoms. The van der Waals surface area contributed by atoms with E-state index in [2.05, 4.69) is 10.4 Å². The summed E-state index contributed by atoms with van der Waals surface area (Å²) < 4.78 is 52.8. The standard InChI is InChI=1S/C18H17F3N4O4/c1-3-28-15-6-4-5-14(25-17(27)24(2)22-23-25)12(15)10-29-16-8-7-11(26)9-13(16)18(19,20)21/h4-9,26H,3,10H2,1-2H3. The fourth-order valence-corrected chi connectivity index (χ4v) is 2.67. The Hall–Kier alpha value is -3.50. The zero-order valence-corrected chi connectivity index (χ0v) is 15.5. The number of hydrogen-bond acceptors (Lipinski definition) is 6. The lowest BCUT2D eigenvalue weighted by atomic mass is 10.1. The first-order valence-corrected chi connectivity index (χ1v) is 8.49. The summed E-state index contributed by atoms with van der Waals surface area (Å²) in [5, 5.41) is 16.8. The van der Waals surface area contributed by atoms with Gasteiger partial charge in [0.15, 0.2) is 0 Å². The third kappa shape index (κ3) is 4.18. The number of hydrogen-bond donors (Lipinski definition) is 1. The van der Waals surface area contributed by atoms with Crippen LogP contribution in [0.2, 0.25) is 0 Å². The number of phenolic OH excluding ortho intramolecular Hbond substituents is 1. The topological polar surface area (TPSA) is 91.4 Å². The lowest BCUT2D eigenvalue weighted by Crippen LogP contribution is -2.23. The van der Waals surface area contributed by atoms with Gasteiger partial charge in [-0.3, -0.25) is 0 Å². The van der Waals surface area contributed by atoms with Crippen molar-refractivity contribution in [2.45, 2.75) is 19.7 Å². The zero-order chi connectivity index (χ0) is 21.2. The number of rotatable bonds is 6. The Kier molecular flexibility index (Phi) is 5.48. The van der Waals surface area contributed by atoms with Crippen molar-refractivity contribution in [1.29, 1.82) is 0 Å². The number of tetrazole rings is 1. The maximum Gasteiger partial charge on any atom is 0.420 e. The van der Waals surface area contributed by atoms with Crippen LogP contribution in [0.15, 0.2) is 41.2 Å². The van der Waals surface area contributed by atoms with Gasteiger partial charge in [-0.2, -0.15) is 22.5 Å². The van der Waals surface area contributed by atoms with Crippen LogP contribution in [-0.2, 0) is 19.8 Å². The molecule has 0 aliphatic carbocycles. The lowest BCUT2D eigenvalue weighted by molar-refractivity contribution is -0.139. The number of aromatic hydroxyl groups is 1. The molecule has 0 bridgehead atoms. The number of aromatic nitrogens is 4. The van der Waals surface area contributed by atoms with E-state index in [4.69, 9.17) is 9.47 Å². The fourth-order valence-electron chi connectivity index (χ4n) is 2.67. The van der Waals surface area contributed by atoms with E-state index in [1.54, 1.807) is 25.1 Å². The molecule has 0 saturated carbocycles. The summed E-state index contributed by atoms with van der Waals surface area (Å²) in [7, 11) is 1.42. The molecule has 0 radical (unpaired) electrons. The smallest absolute Gasteiger partial charge is 0.420 e. The van der Waals surface area contributed by atoms with Gasteiger partial charge in [0.1, 0.15) is 29.4 Å². The Labute approximate surface area is 162 Å². The normalized spacial score (nSPS) is 11.5. The molecule has 8 nitrogen and oxygen atoms in total. The summed E-state index contributed by atoms with van der Waals surface area (Å²) in [4.78, 5) is 12.2. The number of phenols is 1. The van der Waals surface area contributed by atoms with Crippen LogP contribution in [-0.4, -0.2) is 31.5 Å². The average molecular weight is 410 g/mol. The minimum Gasteiger partial charge on any atom is -0.508 e. The molecule has 1 heterocycles. The molecule has 2 aromatic carbocycles. The van der Waals surface area contributed by atoms with Gasteiger partial charge in [-0.25, -0.2) is 4.79 Å². The monoisotopic (exact) mass is 410 g/mol. The van der Waals surface area contributed by atoms with Crippen molar-refractivity contribution in [3.8, 4) is 22.9 Å². The molecule has 0 saturated heterocycles. The molecule has 0 amide bonds. The van der Waals surface area contributed by atoms with E-state index in [-0.39, 0.29) is 12.3 Å². The van der Waals surface area contributed by atoms with Crippen molar-refractivity contribution in [2.75, 3.05) is 6.61 Å². The minimum absolute atomic E-state index is 0.265. The molecule has 3 rings (SSSR count). The maximum absolute atomic E-state index is 13.3. The number of benzene rings is 2. The second kappa shape index (κ2) is 7.86. The molecule has 1 aromatic heterocycles. The minimum atomic E-state index is -4.72. The molecule has 0 spiro atoms. The van der Waals surface area contributed by atoms with Crippen molar-refractivity contribution in [3.63, 3.8) is 0 Å². The highest BCUT2D eigenvalue weighted by Crippen LogP contribution is 2.39. The molecule has 1 N–H and O–H groups in total. The van der Waals surface area contributed by atoms with Crippen LogP contribution < -0.4 is 15.2 Å². The summed E-state index contributed by atoms with van der Waals surface area (Å²) in [5.41, 5.74) is -1.08. The van der Waals surface area contributed by atoms with Crippen LogP contribution in [0.4, 0.5) is 13.2 Å². The van der Waals surface area contributed by atoms with E-state index in [1.165, 1.54) is 7.05 Å². The Morgan fingerprint density at radius 3 is 2.48 bits per heavy atom. The zero-order valence-electron chi connectivity index (χ0n) is 15.5. The van der Waals surface area contributed by atoms with Crippen LogP contribution in [0.5, 0.6) is 17.2 Å². The molecule has 154 valence electrons. The van der Waals surface area contributed by atoms with Crippen molar-refractivity contribution in [3.05, 3.63) is 58.0 Å². The molecule has 0 atom stereocenters. The van der Waals surface area contributed by atoms with E-state index < -0.39 is 28.9 Å². The van der Waals surface area contributed by atoms with Gasteiger partial charge in [-0.15, -0.1) is 0 Å². The Balaban J connectivity index is 2.04. The van der Waals surface area contributed by atoms with Crippen LogP contribution in [0.3, 0.4) is 0 Å².